The van der Waals surface area contributed by atoms with Crippen LogP contribution in [0.25, 0.3) is 0 Å². The second kappa shape index (κ2) is 6.71. The molecule has 0 atom stereocenters. The molecule has 1 amide bonds. The van der Waals surface area contributed by atoms with Crippen molar-refractivity contribution in [3.63, 3.8) is 0 Å². The van der Waals surface area contributed by atoms with Gasteiger partial charge in [0.25, 0.3) is 0 Å². The predicted molar refractivity (Wildman–Crippen MR) is 71.4 cm³/mol. The second-order valence-electron chi connectivity index (χ2n) is 5.49. The van der Waals surface area contributed by atoms with E-state index in [-0.39, 0.29) is 5.60 Å². The number of nitrogens with zero attached hydrogens (tertiary/aromatic N) is 2. The van der Waals surface area contributed by atoms with Gasteiger partial charge >= 0.3 is 0 Å². The van der Waals surface area contributed by atoms with Crippen molar-refractivity contribution in [2.24, 2.45) is 5.92 Å². The second-order valence-corrected chi connectivity index (χ2v) is 6.28. The first-order chi connectivity index (χ1) is 7.96. The topological polar surface area (TPSA) is 32.8 Å². The minimum absolute atomic E-state index is 0.340. The number of piperidine rings is 1. The van der Waals surface area contributed by atoms with E-state index in [1.807, 2.05) is 25.8 Å². The fourth-order valence-corrected chi connectivity index (χ4v) is 2.63. The minimum atomic E-state index is -0.340. The van der Waals surface area contributed by atoms with E-state index in [0.29, 0.717) is 0 Å². The summed E-state index contributed by atoms with van der Waals surface area (Å²) in [5, 5.41) is 4.42. The summed E-state index contributed by atoms with van der Waals surface area (Å²) >= 11 is 3.48. The van der Waals surface area contributed by atoms with E-state index in [1.54, 1.807) is 0 Å². The summed E-state index contributed by atoms with van der Waals surface area (Å²) in [6, 6.07) is 0. The van der Waals surface area contributed by atoms with Crippen molar-refractivity contribution in [1.82, 2.24) is 10.2 Å². The van der Waals surface area contributed by atoms with Crippen molar-refractivity contribution < 1.29 is 9.63 Å². The number of hydrogen-bond donors (Lipinski definition) is 0. The summed E-state index contributed by atoms with van der Waals surface area (Å²) in [6.45, 7) is 7.63. The Kier molecular flexibility index (Phi) is 5.89. The Morgan fingerprint density at radius 1 is 1.41 bits per heavy atom. The zero-order chi connectivity index (χ0) is 12.9. The lowest BCUT2D eigenvalue weighted by Gasteiger charge is -2.39. The lowest BCUT2D eigenvalue weighted by molar-refractivity contribution is -0.304. The van der Waals surface area contributed by atoms with E-state index in [9.17, 15) is 4.79 Å². The molecule has 0 saturated carbocycles. The molecular weight excluding hydrogens is 284 g/mol. The van der Waals surface area contributed by atoms with E-state index < -0.39 is 0 Å². The van der Waals surface area contributed by atoms with E-state index in [1.165, 1.54) is 11.6 Å². The first-order valence-electron chi connectivity index (χ1n) is 6.21. The SMILES string of the molecule is CC(C)(C)ON(C=O)N1CCC(CCBr)CC1. The fraction of sp³-hybridized carbons (Fsp3) is 0.917. The van der Waals surface area contributed by atoms with Crippen LogP contribution in [0.5, 0.6) is 0 Å². The van der Waals surface area contributed by atoms with E-state index >= 15 is 0 Å². The zero-order valence-electron chi connectivity index (χ0n) is 11.0. The van der Waals surface area contributed by atoms with E-state index in [0.717, 1.165) is 43.6 Å². The summed E-state index contributed by atoms with van der Waals surface area (Å²) in [7, 11) is 0. The van der Waals surface area contributed by atoms with E-state index in [2.05, 4.69) is 15.9 Å². The maximum atomic E-state index is 11.0. The van der Waals surface area contributed by atoms with Crippen molar-refractivity contribution >= 4 is 22.3 Å². The van der Waals surface area contributed by atoms with Gasteiger partial charge in [-0.2, -0.15) is 5.01 Å². The first-order valence-corrected chi connectivity index (χ1v) is 7.33. The molecule has 1 rings (SSSR count). The highest BCUT2D eigenvalue weighted by Crippen LogP contribution is 2.23. The summed E-state index contributed by atoms with van der Waals surface area (Å²) in [5.41, 5.74) is -0.340. The van der Waals surface area contributed by atoms with Crippen LogP contribution in [0.3, 0.4) is 0 Å². The van der Waals surface area contributed by atoms with Crippen LogP contribution in [-0.2, 0) is 9.63 Å². The Bertz CT molecular complexity index is 235. The Labute approximate surface area is 112 Å². The summed E-state index contributed by atoms with van der Waals surface area (Å²) < 4.78 is 0. The lowest BCUT2D eigenvalue weighted by atomic mass is 9.95. The van der Waals surface area contributed by atoms with Crippen LogP contribution >= 0.6 is 15.9 Å². The average Bonchev–Trinajstić information content (AvgIpc) is 2.26. The van der Waals surface area contributed by atoms with Crippen LogP contribution in [0.4, 0.5) is 0 Å². The van der Waals surface area contributed by atoms with Crippen molar-refractivity contribution in [1.29, 1.82) is 0 Å². The van der Waals surface area contributed by atoms with Crippen LogP contribution in [0.2, 0.25) is 0 Å². The highest BCUT2D eigenvalue weighted by Gasteiger charge is 2.26. The molecule has 0 radical (unpaired) electrons. The summed E-state index contributed by atoms with van der Waals surface area (Å²) in [5.74, 6) is 0.772. The molecule has 0 spiro atoms. The van der Waals surface area contributed by atoms with Gasteiger partial charge in [0.05, 0.1) is 5.60 Å². The van der Waals surface area contributed by atoms with Gasteiger partial charge in [-0.05, 0) is 46.0 Å². The number of rotatable bonds is 5. The average molecular weight is 307 g/mol. The van der Waals surface area contributed by atoms with E-state index in [4.69, 9.17) is 4.84 Å². The predicted octanol–water partition coefficient (Wildman–Crippen LogP) is 2.59. The molecule has 5 heteroatoms. The smallest absolute Gasteiger partial charge is 0.249 e. The number of amides is 1. The third-order valence-electron chi connectivity index (χ3n) is 2.84. The molecular formula is C12H23BrN2O2. The molecule has 17 heavy (non-hydrogen) atoms. The van der Waals surface area contributed by atoms with Crippen LogP contribution in [0.1, 0.15) is 40.0 Å². The molecule has 100 valence electrons. The van der Waals surface area contributed by atoms with Crippen LogP contribution in [-0.4, -0.2) is 40.6 Å². The maximum absolute atomic E-state index is 11.0. The first kappa shape index (κ1) is 14.9. The van der Waals surface area contributed by atoms with Gasteiger partial charge in [-0.15, -0.1) is 5.17 Å². The van der Waals surface area contributed by atoms with Crippen molar-refractivity contribution in [2.75, 3.05) is 18.4 Å². The van der Waals surface area contributed by atoms with Gasteiger partial charge in [-0.3, -0.25) is 4.79 Å². The number of carbonyl (C=O) groups is 1. The number of hydrogen-bond acceptors (Lipinski definition) is 3. The van der Waals surface area contributed by atoms with Crippen LogP contribution in [0.15, 0.2) is 0 Å². The Hall–Kier alpha value is -0.130. The quantitative estimate of drug-likeness (QED) is 0.445. The van der Waals surface area contributed by atoms with Crippen molar-refractivity contribution in [2.45, 2.75) is 45.6 Å². The molecule has 0 N–H and O–H groups in total. The van der Waals surface area contributed by atoms with Crippen LogP contribution < -0.4 is 0 Å². The molecule has 1 aliphatic rings. The van der Waals surface area contributed by atoms with Crippen molar-refractivity contribution in [3.8, 4) is 0 Å². The Morgan fingerprint density at radius 3 is 2.41 bits per heavy atom. The Balaban J connectivity index is 2.42. The van der Waals surface area contributed by atoms with Gasteiger partial charge in [0.15, 0.2) is 0 Å². The Morgan fingerprint density at radius 2 is 2.00 bits per heavy atom. The molecule has 4 nitrogen and oxygen atoms in total. The molecule has 1 saturated heterocycles. The maximum Gasteiger partial charge on any atom is 0.249 e. The lowest BCUT2D eigenvalue weighted by Crippen LogP contribution is -2.49. The molecule has 1 heterocycles. The molecule has 1 aliphatic heterocycles. The molecule has 1 fully saturated rings. The number of carbonyl (C=O) groups excluding carboxylic acids is 1. The molecule has 0 aromatic rings. The number of halogens is 1. The zero-order valence-corrected chi connectivity index (χ0v) is 12.6. The number of hydroxylamine groups is 1. The standard InChI is InChI=1S/C12H23BrN2O2/c1-12(2,3)17-15(10-16)14-8-5-11(4-7-13)6-9-14/h10-11H,4-9H2,1-3H3. The van der Waals surface area contributed by atoms with Gasteiger partial charge in [0, 0.05) is 18.4 Å². The van der Waals surface area contributed by atoms with Crippen molar-refractivity contribution in [3.05, 3.63) is 0 Å². The highest BCUT2D eigenvalue weighted by molar-refractivity contribution is 9.09. The van der Waals surface area contributed by atoms with Crippen LogP contribution in [0, 0.1) is 5.92 Å². The van der Waals surface area contributed by atoms with Gasteiger partial charge in [-0.1, -0.05) is 15.9 Å². The van der Waals surface area contributed by atoms with Gasteiger partial charge in [-0.25, -0.2) is 4.84 Å². The minimum Gasteiger partial charge on any atom is -0.275 e. The van der Waals surface area contributed by atoms with Gasteiger partial charge < -0.3 is 0 Å². The number of alkyl halides is 1. The molecule has 0 aromatic heterocycles. The van der Waals surface area contributed by atoms with Gasteiger partial charge in [0.1, 0.15) is 0 Å². The summed E-state index contributed by atoms with van der Waals surface area (Å²) in [4.78, 5) is 16.6. The number of hydrazine groups is 1. The molecule has 0 bridgehead atoms. The van der Waals surface area contributed by atoms with Gasteiger partial charge in [0.2, 0.25) is 6.41 Å². The molecule has 0 aromatic carbocycles. The largest absolute Gasteiger partial charge is 0.275 e. The third-order valence-corrected chi connectivity index (χ3v) is 3.30. The fourth-order valence-electron chi connectivity index (χ4n) is 1.99. The summed E-state index contributed by atoms with van der Waals surface area (Å²) in [6.07, 6.45) is 4.23. The highest BCUT2D eigenvalue weighted by atomic mass is 79.9. The normalized spacial score (nSPS) is 19.3. The molecule has 0 aliphatic carbocycles. The monoisotopic (exact) mass is 306 g/mol. The molecule has 0 unspecified atom stereocenters. The third kappa shape index (κ3) is 5.36.